The lowest BCUT2D eigenvalue weighted by atomic mass is 9.73. The number of para-hydroxylation sites is 4. The summed E-state index contributed by atoms with van der Waals surface area (Å²) in [5.41, 5.74) is 16.0. The van der Waals surface area contributed by atoms with Gasteiger partial charge in [0, 0.05) is 33.3 Å². The van der Waals surface area contributed by atoms with E-state index >= 15 is 0 Å². The number of fused-ring (bicyclic) bond motifs is 4. The Balaban J connectivity index is 1.26. The Labute approximate surface area is 330 Å². The zero-order valence-corrected chi connectivity index (χ0v) is 32.2. The van der Waals surface area contributed by atoms with Crippen LogP contribution < -0.4 is 15.1 Å². The minimum absolute atomic E-state index is 0.0690. The lowest BCUT2D eigenvalue weighted by molar-refractivity contribution is 0.631. The van der Waals surface area contributed by atoms with Crippen molar-refractivity contribution in [3.63, 3.8) is 0 Å². The quantitative estimate of drug-likeness (QED) is 0.192. The molecule has 7 aromatic rings. The van der Waals surface area contributed by atoms with Gasteiger partial charge in [-0.2, -0.15) is 0 Å². The first-order chi connectivity index (χ1) is 27.3. The van der Waals surface area contributed by atoms with Gasteiger partial charge in [0.15, 0.2) is 0 Å². The summed E-state index contributed by atoms with van der Waals surface area (Å²) >= 11 is 0. The molecule has 4 nitrogen and oxygen atoms in total. The van der Waals surface area contributed by atoms with Gasteiger partial charge in [-0.1, -0.05) is 161 Å². The number of hydrogen-bond acceptors (Lipinski definition) is 4. The number of rotatable bonds is 5. The molecule has 0 radical (unpaired) electrons. The second-order valence-electron chi connectivity index (χ2n) is 16.1. The molecule has 3 aliphatic rings. The van der Waals surface area contributed by atoms with Crippen LogP contribution in [0.1, 0.15) is 72.7 Å². The topological polar surface area (TPSA) is 30.9 Å². The summed E-state index contributed by atoms with van der Waals surface area (Å²) in [7, 11) is 0. The van der Waals surface area contributed by atoms with Crippen LogP contribution in [-0.4, -0.2) is 5.84 Å². The largest absolute Gasteiger partial charge is 0.359 e. The third-order valence-electron chi connectivity index (χ3n) is 12.0. The molecular formula is C52H44N4. The van der Waals surface area contributed by atoms with Crippen LogP contribution in [0.5, 0.6) is 0 Å². The molecule has 0 fully saturated rings. The summed E-state index contributed by atoms with van der Waals surface area (Å²) in [6.07, 6.45) is 2.28. The zero-order chi connectivity index (χ0) is 38.0. The fraction of sp³-hybridized carbons (Fsp3) is 0.135. The lowest BCUT2D eigenvalue weighted by Gasteiger charge is -2.43. The first kappa shape index (κ1) is 33.9. The molecule has 3 heterocycles. The SMILES string of the molecule is CC1(C)c2ccccc2N(c2cc(C3=CC(c4ccccc4)NC(c4ccccc4)=N3)cc(N3c4ccccc4C(C)(C)c4ccccc43)c2)c2ccccc21. The van der Waals surface area contributed by atoms with Gasteiger partial charge in [-0.15, -0.1) is 0 Å². The molecule has 1 atom stereocenters. The first-order valence-electron chi connectivity index (χ1n) is 19.6. The summed E-state index contributed by atoms with van der Waals surface area (Å²) in [5.74, 6) is 0.856. The van der Waals surface area contributed by atoms with E-state index in [-0.39, 0.29) is 16.9 Å². The highest BCUT2D eigenvalue weighted by molar-refractivity contribution is 6.04. The van der Waals surface area contributed by atoms with Gasteiger partial charge < -0.3 is 15.1 Å². The predicted octanol–water partition coefficient (Wildman–Crippen LogP) is 13.0. The van der Waals surface area contributed by atoms with Gasteiger partial charge in [0.2, 0.25) is 0 Å². The van der Waals surface area contributed by atoms with Crippen LogP contribution in [0.3, 0.4) is 0 Å². The van der Waals surface area contributed by atoms with Crippen LogP contribution in [0.15, 0.2) is 187 Å². The molecule has 0 aromatic heterocycles. The molecule has 0 bridgehead atoms. The van der Waals surface area contributed by atoms with Crippen molar-refractivity contribution < 1.29 is 0 Å². The van der Waals surface area contributed by atoms with Crippen molar-refractivity contribution in [2.75, 3.05) is 9.80 Å². The highest BCUT2D eigenvalue weighted by Gasteiger charge is 2.39. The fourth-order valence-corrected chi connectivity index (χ4v) is 9.18. The number of benzene rings is 7. The van der Waals surface area contributed by atoms with Crippen LogP contribution in [0.2, 0.25) is 0 Å². The van der Waals surface area contributed by atoms with Crippen LogP contribution in [0.4, 0.5) is 34.1 Å². The van der Waals surface area contributed by atoms with E-state index in [4.69, 9.17) is 4.99 Å². The normalized spacial score (nSPS) is 17.3. The molecule has 7 aromatic carbocycles. The molecule has 0 amide bonds. The number of nitrogens with one attached hydrogen (secondary N) is 1. The maximum atomic E-state index is 5.42. The van der Waals surface area contributed by atoms with E-state index in [1.54, 1.807) is 0 Å². The van der Waals surface area contributed by atoms with Crippen molar-refractivity contribution >= 4 is 45.7 Å². The molecule has 0 saturated carbocycles. The summed E-state index contributed by atoms with van der Waals surface area (Å²) in [6, 6.07) is 63.7. The van der Waals surface area contributed by atoms with Crippen molar-refractivity contribution in [1.82, 2.24) is 5.32 Å². The molecule has 3 aliphatic heterocycles. The minimum Gasteiger partial charge on any atom is -0.359 e. The number of hydrogen-bond donors (Lipinski definition) is 1. The average molecular weight is 725 g/mol. The Morgan fingerprint density at radius 1 is 0.446 bits per heavy atom. The van der Waals surface area contributed by atoms with Gasteiger partial charge in [0.25, 0.3) is 0 Å². The molecule has 0 aliphatic carbocycles. The molecule has 272 valence electrons. The third-order valence-corrected chi connectivity index (χ3v) is 12.0. The molecule has 10 rings (SSSR count). The van der Waals surface area contributed by atoms with E-state index in [1.807, 2.05) is 0 Å². The van der Waals surface area contributed by atoms with Gasteiger partial charge in [-0.05, 0) is 76.4 Å². The van der Waals surface area contributed by atoms with Gasteiger partial charge in [-0.3, -0.25) is 0 Å². The Hall–Kier alpha value is -6.65. The maximum Gasteiger partial charge on any atom is 0.134 e. The monoisotopic (exact) mass is 724 g/mol. The fourth-order valence-electron chi connectivity index (χ4n) is 9.18. The van der Waals surface area contributed by atoms with Crippen molar-refractivity contribution in [2.45, 2.75) is 44.6 Å². The zero-order valence-electron chi connectivity index (χ0n) is 32.2. The van der Waals surface area contributed by atoms with Crippen LogP contribution in [0, 0.1) is 0 Å². The highest BCUT2D eigenvalue weighted by Crippen LogP contribution is 2.55. The van der Waals surface area contributed by atoms with Crippen molar-refractivity contribution in [2.24, 2.45) is 4.99 Å². The Morgan fingerprint density at radius 3 is 1.29 bits per heavy atom. The second kappa shape index (κ2) is 13.0. The molecular weight excluding hydrogens is 681 g/mol. The van der Waals surface area contributed by atoms with E-state index in [1.165, 1.54) is 50.6 Å². The molecule has 0 spiro atoms. The molecule has 0 saturated heterocycles. The molecule has 4 heteroatoms. The van der Waals surface area contributed by atoms with Gasteiger partial charge >= 0.3 is 0 Å². The minimum atomic E-state index is -0.171. The van der Waals surface area contributed by atoms with Gasteiger partial charge in [0.05, 0.1) is 34.5 Å². The summed E-state index contributed by atoms with van der Waals surface area (Å²) in [5, 5.41) is 3.76. The molecule has 1 unspecified atom stereocenters. The van der Waals surface area contributed by atoms with Crippen LogP contribution >= 0.6 is 0 Å². The Morgan fingerprint density at radius 2 is 0.839 bits per heavy atom. The van der Waals surface area contributed by atoms with E-state index in [0.717, 1.165) is 34.0 Å². The number of nitrogens with zero attached hydrogens (tertiary/aromatic N) is 3. The molecule has 56 heavy (non-hydrogen) atoms. The van der Waals surface area contributed by atoms with Crippen molar-refractivity contribution in [1.29, 1.82) is 0 Å². The van der Waals surface area contributed by atoms with Crippen LogP contribution in [-0.2, 0) is 10.8 Å². The Kier molecular flexibility index (Phi) is 7.86. The second-order valence-corrected chi connectivity index (χ2v) is 16.1. The molecule has 1 N–H and O–H groups in total. The predicted molar refractivity (Wildman–Crippen MR) is 233 cm³/mol. The van der Waals surface area contributed by atoms with Crippen molar-refractivity contribution in [3.05, 3.63) is 221 Å². The number of anilines is 6. The summed E-state index contributed by atoms with van der Waals surface area (Å²) in [6.45, 7) is 9.38. The van der Waals surface area contributed by atoms with E-state index < -0.39 is 0 Å². The summed E-state index contributed by atoms with van der Waals surface area (Å²) < 4.78 is 0. The Bertz CT molecular complexity index is 2460. The highest BCUT2D eigenvalue weighted by atomic mass is 15.2. The number of aliphatic imine (C=N–C) groups is 1. The van der Waals surface area contributed by atoms with E-state index in [0.29, 0.717) is 0 Å². The third kappa shape index (κ3) is 5.39. The maximum absolute atomic E-state index is 5.42. The van der Waals surface area contributed by atoms with E-state index in [2.05, 4.69) is 225 Å². The van der Waals surface area contributed by atoms with E-state index in [9.17, 15) is 0 Å². The summed E-state index contributed by atoms with van der Waals surface area (Å²) in [4.78, 5) is 10.4. The van der Waals surface area contributed by atoms with Gasteiger partial charge in [-0.25, -0.2) is 4.99 Å². The standard InChI is InChI=1S/C52H44N4/c1-51(2)40-23-11-15-27-46(40)55(47-28-16-12-24-41(47)51)38-31-37(45-34-44(35-19-7-5-8-20-35)53-50(54-45)36-21-9-6-10-22-36)32-39(33-38)56-48-29-17-13-25-42(48)52(3,4)43-26-14-18-30-49(43)56/h5-34,44H,1-4H3,(H,53,54). The number of amidine groups is 1. The first-order valence-corrected chi connectivity index (χ1v) is 19.6. The smallest absolute Gasteiger partial charge is 0.134 e. The lowest BCUT2D eigenvalue weighted by Crippen LogP contribution is -2.32. The van der Waals surface area contributed by atoms with Crippen molar-refractivity contribution in [3.8, 4) is 0 Å². The average Bonchev–Trinajstić information content (AvgIpc) is 3.24. The van der Waals surface area contributed by atoms with Gasteiger partial charge in [0.1, 0.15) is 5.84 Å². The van der Waals surface area contributed by atoms with Crippen LogP contribution in [0.25, 0.3) is 5.70 Å².